The topological polar surface area (TPSA) is 34.4 Å². The first kappa shape index (κ1) is 14.3. The second-order valence-electron chi connectivity index (χ2n) is 5.06. The number of furan rings is 1. The molecule has 2 unspecified atom stereocenters. The molecular formula is C14H25NO2. The fourth-order valence-corrected chi connectivity index (χ4v) is 2.10. The van der Waals surface area contributed by atoms with E-state index < -0.39 is 0 Å². The molecule has 0 aromatic carbocycles. The lowest BCUT2D eigenvalue weighted by atomic mass is 10.0. The molecule has 0 aliphatic carbocycles. The van der Waals surface area contributed by atoms with Crippen molar-refractivity contribution in [2.45, 2.75) is 46.7 Å². The summed E-state index contributed by atoms with van der Waals surface area (Å²) in [5, 5.41) is 3.60. The summed E-state index contributed by atoms with van der Waals surface area (Å²) in [5.74, 6) is 2.52. The van der Waals surface area contributed by atoms with Crippen LogP contribution in [0.15, 0.2) is 10.5 Å². The van der Waals surface area contributed by atoms with Gasteiger partial charge in [0.2, 0.25) is 0 Å². The van der Waals surface area contributed by atoms with Crippen LogP contribution in [-0.4, -0.2) is 19.8 Å². The van der Waals surface area contributed by atoms with Crippen LogP contribution in [0.25, 0.3) is 0 Å². The number of aryl methyl sites for hydroxylation is 2. The highest BCUT2D eigenvalue weighted by Gasteiger charge is 2.19. The minimum absolute atomic E-state index is 0.287. The van der Waals surface area contributed by atoms with Gasteiger partial charge < -0.3 is 14.5 Å². The van der Waals surface area contributed by atoms with E-state index in [0.29, 0.717) is 12.0 Å². The fraction of sp³-hybridized carbons (Fsp3) is 0.714. The summed E-state index contributed by atoms with van der Waals surface area (Å²) in [6.45, 7) is 11.3. The Morgan fingerprint density at radius 3 is 2.35 bits per heavy atom. The molecule has 1 aromatic rings. The summed E-state index contributed by atoms with van der Waals surface area (Å²) in [4.78, 5) is 0. The van der Waals surface area contributed by atoms with E-state index in [-0.39, 0.29) is 6.04 Å². The third-order valence-electron chi connectivity index (χ3n) is 3.16. The minimum atomic E-state index is 0.287. The molecule has 1 aromatic heterocycles. The molecule has 0 radical (unpaired) electrons. The molecule has 3 heteroatoms. The van der Waals surface area contributed by atoms with Crippen LogP contribution in [0, 0.1) is 19.8 Å². The number of hydrogen-bond acceptors (Lipinski definition) is 3. The van der Waals surface area contributed by atoms with Crippen LogP contribution < -0.4 is 5.32 Å². The average molecular weight is 239 g/mol. The molecule has 0 saturated carbocycles. The molecule has 0 spiro atoms. The van der Waals surface area contributed by atoms with Crippen LogP contribution in [-0.2, 0) is 4.74 Å². The lowest BCUT2D eigenvalue weighted by Gasteiger charge is -2.25. The SMILES string of the molecule is COCC(NC(C)c1cc(C)oc1C)C(C)C. The Hall–Kier alpha value is -0.800. The van der Waals surface area contributed by atoms with E-state index in [2.05, 4.69) is 32.2 Å². The number of nitrogens with one attached hydrogen (secondary N) is 1. The molecule has 1 heterocycles. The second kappa shape index (κ2) is 6.22. The summed E-state index contributed by atoms with van der Waals surface area (Å²) in [6.07, 6.45) is 0. The Kier molecular flexibility index (Phi) is 5.22. The minimum Gasteiger partial charge on any atom is -0.466 e. The lowest BCUT2D eigenvalue weighted by molar-refractivity contribution is 0.141. The summed E-state index contributed by atoms with van der Waals surface area (Å²) in [5.41, 5.74) is 1.24. The quantitative estimate of drug-likeness (QED) is 0.827. The maximum absolute atomic E-state index is 5.57. The molecule has 0 aliphatic heterocycles. The van der Waals surface area contributed by atoms with Gasteiger partial charge in [0.25, 0.3) is 0 Å². The van der Waals surface area contributed by atoms with E-state index in [1.807, 2.05) is 13.8 Å². The molecule has 0 saturated heterocycles. The van der Waals surface area contributed by atoms with Crippen LogP contribution in [0.4, 0.5) is 0 Å². The maximum atomic E-state index is 5.57. The zero-order valence-corrected chi connectivity index (χ0v) is 11.8. The van der Waals surface area contributed by atoms with Gasteiger partial charge in [-0.2, -0.15) is 0 Å². The Labute approximate surface area is 105 Å². The summed E-state index contributed by atoms with van der Waals surface area (Å²) < 4.78 is 10.8. The maximum Gasteiger partial charge on any atom is 0.105 e. The highest BCUT2D eigenvalue weighted by atomic mass is 16.5. The van der Waals surface area contributed by atoms with Gasteiger partial charge in [-0.3, -0.25) is 0 Å². The van der Waals surface area contributed by atoms with E-state index in [1.165, 1.54) is 5.56 Å². The van der Waals surface area contributed by atoms with Gasteiger partial charge >= 0.3 is 0 Å². The smallest absolute Gasteiger partial charge is 0.105 e. The van der Waals surface area contributed by atoms with E-state index in [1.54, 1.807) is 7.11 Å². The summed E-state index contributed by atoms with van der Waals surface area (Å²) in [6, 6.07) is 2.76. The van der Waals surface area contributed by atoms with Crippen LogP contribution in [0.1, 0.15) is 43.9 Å². The van der Waals surface area contributed by atoms with Gasteiger partial charge in [0.15, 0.2) is 0 Å². The van der Waals surface area contributed by atoms with Gasteiger partial charge in [0.05, 0.1) is 6.61 Å². The van der Waals surface area contributed by atoms with Crippen molar-refractivity contribution >= 4 is 0 Å². The molecule has 1 rings (SSSR count). The van der Waals surface area contributed by atoms with Crippen LogP contribution >= 0.6 is 0 Å². The fourth-order valence-electron chi connectivity index (χ4n) is 2.10. The van der Waals surface area contributed by atoms with E-state index in [0.717, 1.165) is 18.1 Å². The Morgan fingerprint density at radius 2 is 1.94 bits per heavy atom. The number of rotatable bonds is 6. The Balaban J connectivity index is 2.69. The third-order valence-corrected chi connectivity index (χ3v) is 3.16. The Morgan fingerprint density at radius 1 is 1.29 bits per heavy atom. The molecule has 0 bridgehead atoms. The van der Waals surface area contributed by atoms with Crippen molar-refractivity contribution in [2.75, 3.05) is 13.7 Å². The first-order valence-electron chi connectivity index (χ1n) is 6.27. The van der Waals surface area contributed by atoms with Crippen molar-refractivity contribution < 1.29 is 9.15 Å². The van der Waals surface area contributed by atoms with E-state index in [4.69, 9.17) is 9.15 Å². The van der Waals surface area contributed by atoms with Crippen molar-refractivity contribution in [2.24, 2.45) is 5.92 Å². The molecule has 0 fully saturated rings. The molecule has 0 amide bonds. The standard InChI is InChI=1S/C14H25NO2/c1-9(2)14(8-16-6)15-11(4)13-7-10(3)17-12(13)5/h7,9,11,14-15H,8H2,1-6H3. The molecule has 98 valence electrons. The van der Waals surface area contributed by atoms with Gasteiger partial charge in [-0.15, -0.1) is 0 Å². The highest BCUT2D eigenvalue weighted by Crippen LogP contribution is 2.22. The predicted molar refractivity (Wildman–Crippen MR) is 70.2 cm³/mol. The first-order valence-corrected chi connectivity index (χ1v) is 6.27. The normalized spacial score (nSPS) is 15.2. The molecule has 1 N–H and O–H groups in total. The first-order chi connectivity index (χ1) is 7.95. The van der Waals surface area contributed by atoms with Gasteiger partial charge in [0.1, 0.15) is 11.5 Å². The lowest BCUT2D eigenvalue weighted by Crippen LogP contribution is -2.39. The largest absolute Gasteiger partial charge is 0.466 e. The molecule has 17 heavy (non-hydrogen) atoms. The van der Waals surface area contributed by atoms with Crippen molar-refractivity contribution in [3.05, 3.63) is 23.2 Å². The monoisotopic (exact) mass is 239 g/mol. The second-order valence-corrected chi connectivity index (χ2v) is 5.06. The Bertz CT molecular complexity index is 344. The number of ether oxygens (including phenoxy) is 1. The number of hydrogen-bond donors (Lipinski definition) is 1. The molecular weight excluding hydrogens is 214 g/mol. The molecule has 2 atom stereocenters. The number of methoxy groups -OCH3 is 1. The van der Waals surface area contributed by atoms with Gasteiger partial charge in [0, 0.05) is 24.8 Å². The van der Waals surface area contributed by atoms with Crippen molar-refractivity contribution in [1.29, 1.82) is 0 Å². The third kappa shape index (κ3) is 3.86. The van der Waals surface area contributed by atoms with E-state index >= 15 is 0 Å². The van der Waals surface area contributed by atoms with Crippen molar-refractivity contribution in [3.63, 3.8) is 0 Å². The van der Waals surface area contributed by atoms with E-state index in [9.17, 15) is 0 Å². The van der Waals surface area contributed by atoms with Gasteiger partial charge in [-0.1, -0.05) is 13.8 Å². The zero-order chi connectivity index (χ0) is 13.0. The summed E-state index contributed by atoms with van der Waals surface area (Å²) in [7, 11) is 1.75. The van der Waals surface area contributed by atoms with Crippen molar-refractivity contribution in [1.82, 2.24) is 5.32 Å². The van der Waals surface area contributed by atoms with Gasteiger partial charge in [-0.25, -0.2) is 0 Å². The highest BCUT2D eigenvalue weighted by molar-refractivity contribution is 5.23. The molecule has 0 aliphatic rings. The average Bonchev–Trinajstić information content (AvgIpc) is 2.57. The molecule has 3 nitrogen and oxygen atoms in total. The zero-order valence-electron chi connectivity index (χ0n) is 11.8. The van der Waals surface area contributed by atoms with Crippen LogP contribution in [0.2, 0.25) is 0 Å². The predicted octanol–water partition coefficient (Wildman–Crippen LogP) is 3.22. The summed E-state index contributed by atoms with van der Waals surface area (Å²) >= 11 is 0. The van der Waals surface area contributed by atoms with Crippen LogP contribution in [0.5, 0.6) is 0 Å². The van der Waals surface area contributed by atoms with Crippen molar-refractivity contribution in [3.8, 4) is 0 Å². The van der Waals surface area contributed by atoms with Gasteiger partial charge in [-0.05, 0) is 32.8 Å². The van der Waals surface area contributed by atoms with Crippen LogP contribution in [0.3, 0.4) is 0 Å².